The van der Waals surface area contributed by atoms with E-state index in [0.29, 0.717) is 5.75 Å². The molecular weight excluding hydrogens is 286 g/mol. The Labute approximate surface area is 128 Å². The maximum absolute atomic E-state index is 12.0. The van der Waals surface area contributed by atoms with Crippen molar-refractivity contribution in [1.29, 1.82) is 0 Å². The van der Waals surface area contributed by atoms with Crippen LogP contribution >= 0.6 is 11.6 Å². The second kappa shape index (κ2) is 6.19. The zero-order valence-electron chi connectivity index (χ0n) is 11.5. The van der Waals surface area contributed by atoms with Crippen molar-refractivity contribution in [2.45, 2.75) is 17.8 Å². The number of hydrogen-bond donors (Lipinski definition) is 1. The third kappa shape index (κ3) is 3.19. The summed E-state index contributed by atoms with van der Waals surface area (Å²) >= 11 is 6.35. The first kappa shape index (κ1) is 14.0. The van der Waals surface area contributed by atoms with E-state index in [2.05, 4.69) is 11.4 Å². The maximum atomic E-state index is 12.0. The molecule has 3 rings (SSSR count). The van der Waals surface area contributed by atoms with Crippen molar-refractivity contribution in [3.8, 4) is 5.75 Å². The van der Waals surface area contributed by atoms with Crippen LogP contribution in [-0.2, 0) is 11.2 Å². The Hall–Kier alpha value is -2.00. The van der Waals surface area contributed by atoms with Gasteiger partial charge in [0.1, 0.15) is 5.75 Å². The second-order valence-corrected chi connectivity index (χ2v) is 5.63. The SMILES string of the molecule is O=C(COc1ccccc1)NC1c2ccccc2CC1Cl. The summed E-state index contributed by atoms with van der Waals surface area (Å²) in [7, 11) is 0. The van der Waals surface area contributed by atoms with Crippen LogP contribution in [0.5, 0.6) is 5.75 Å². The molecule has 1 N–H and O–H groups in total. The molecule has 2 unspecified atom stereocenters. The van der Waals surface area contributed by atoms with Crippen LogP contribution < -0.4 is 10.1 Å². The minimum atomic E-state index is -0.161. The van der Waals surface area contributed by atoms with E-state index in [1.165, 1.54) is 5.56 Å². The first-order valence-electron chi connectivity index (χ1n) is 6.93. The van der Waals surface area contributed by atoms with Crippen molar-refractivity contribution in [3.63, 3.8) is 0 Å². The number of benzene rings is 2. The third-order valence-corrected chi connectivity index (χ3v) is 4.00. The van der Waals surface area contributed by atoms with Crippen molar-refractivity contribution in [2.24, 2.45) is 0 Å². The molecule has 0 aromatic heterocycles. The molecule has 0 bridgehead atoms. The highest BCUT2D eigenvalue weighted by Crippen LogP contribution is 2.34. The Bertz CT molecular complexity index is 630. The molecule has 3 nitrogen and oxygen atoms in total. The van der Waals surface area contributed by atoms with Crippen LogP contribution in [0.15, 0.2) is 54.6 Å². The molecule has 0 aliphatic heterocycles. The van der Waals surface area contributed by atoms with Gasteiger partial charge in [-0.25, -0.2) is 0 Å². The fourth-order valence-electron chi connectivity index (χ4n) is 2.60. The van der Waals surface area contributed by atoms with E-state index in [-0.39, 0.29) is 23.9 Å². The number of alkyl halides is 1. The quantitative estimate of drug-likeness (QED) is 0.881. The molecule has 21 heavy (non-hydrogen) atoms. The Morgan fingerprint density at radius 3 is 2.67 bits per heavy atom. The largest absolute Gasteiger partial charge is 0.484 e. The molecule has 4 heteroatoms. The molecule has 2 aromatic carbocycles. The van der Waals surface area contributed by atoms with Gasteiger partial charge in [-0.2, -0.15) is 0 Å². The Morgan fingerprint density at radius 1 is 1.14 bits per heavy atom. The van der Waals surface area contributed by atoms with Gasteiger partial charge < -0.3 is 10.1 Å². The molecule has 2 atom stereocenters. The number of amides is 1. The minimum Gasteiger partial charge on any atom is -0.484 e. The lowest BCUT2D eigenvalue weighted by Crippen LogP contribution is -2.35. The number of carbonyl (C=O) groups is 1. The minimum absolute atomic E-state index is 0.00765. The van der Waals surface area contributed by atoms with Crippen LogP contribution in [0, 0.1) is 0 Å². The topological polar surface area (TPSA) is 38.3 Å². The predicted octanol–water partition coefficient (Wildman–Crippen LogP) is 3.09. The van der Waals surface area contributed by atoms with Crippen molar-refractivity contribution >= 4 is 17.5 Å². The number of nitrogens with one attached hydrogen (secondary N) is 1. The van der Waals surface area contributed by atoms with Crippen LogP contribution in [0.3, 0.4) is 0 Å². The van der Waals surface area contributed by atoms with Crippen LogP contribution in [0.1, 0.15) is 17.2 Å². The summed E-state index contributed by atoms with van der Waals surface area (Å²) in [5.41, 5.74) is 2.30. The first-order valence-corrected chi connectivity index (χ1v) is 7.37. The van der Waals surface area contributed by atoms with Crippen molar-refractivity contribution in [3.05, 3.63) is 65.7 Å². The standard InChI is InChI=1S/C17H16ClNO2/c18-15-10-12-6-4-5-9-14(12)17(15)19-16(20)11-21-13-7-2-1-3-8-13/h1-9,15,17H,10-11H2,(H,19,20). The molecule has 0 heterocycles. The Kier molecular flexibility index (Phi) is 4.11. The summed E-state index contributed by atoms with van der Waals surface area (Å²) in [6, 6.07) is 17.2. The molecule has 1 aliphatic rings. The molecule has 108 valence electrons. The van der Waals surface area contributed by atoms with Crippen LogP contribution in [0.25, 0.3) is 0 Å². The number of fused-ring (bicyclic) bond motifs is 1. The van der Waals surface area contributed by atoms with E-state index in [0.717, 1.165) is 12.0 Å². The monoisotopic (exact) mass is 301 g/mol. The lowest BCUT2D eigenvalue weighted by Gasteiger charge is -2.17. The average molecular weight is 302 g/mol. The average Bonchev–Trinajstić information content (AvgIpc) is 2.82. The van der Waals surface area contributed by atoms with Crippen LogP contribution in [0.2, 0.25) is 0 Å². The Morgan fingerprint density at radius 2 is 1.86 bits per heavy atom. The Balaban J connectivity index is 1.60. The molecular formula is C17H16ClNO2. The smallest absolute Gasteiger partial charge is 0.258 e. The van der Waals surface area contributed by atoms with E-state index in [4.69, 9.17) is 16.3 Å². The van der Waals surface area contributed by atoms with Crippen molar-refractivity contribution < 1.29 is 9.53 Å². The summed E-state index contributed by atoms with van der Waals surface area (Å²) < 4.78 is 5.45. The molecule has 0 saturated heterocycles. The number of carbonyl (C=O) groups excluding carboxylic acids is 1. The number of rotatable bonds is 4. The van der Waals surface area contributed by atoms with Gasteiger partial charge in [0.15, 0.2) is 6.61 Å². The molecule has 2 aromatic rings. The van der Waals surface area contributed by atoms with Gasteiger partial charge in [0, 0.05) is 0 Å². The van der Waals surface area contributed by atoms with E-state index < -0.39 is 0 Å². The van der Waals surface area contributed by atoms with E-state index in [1.54, 1.807) is 0 Å². The lowest BCUT2D eigenvalue weighted by molar-refractivity contribution is -0.123. The van der Waals surface area contributed by atoms with Gasteiger partial charge in [0.25, 0.3) is 5.91 Å². The zero-order chi connectivity index (χ0) is 14.7. The predicted molar refractivity (Wildman–Crippen MR) is 82.6 cm³/mol. The van der Waals surface area contributed by atoms with Gasteiger partial charge in [-0.3, -0.25) is 4.79 Å². The number of para-hydroxylation sites is 1. The summed E-state index contributed by atoms with van der Waals surface area (Å²) in [6.07, 6.45) is 0.780. The van der Waals surface area contributed by atoms with Gasteiger partial charge >= 0.3 is 0 Å². The third-order valence-electron chi connectivity index (χ3n) is 3.60. The second-order valence-electron chi connectivity index (χ2n) is 5.07. The highest BCUT2D eigenvalue weighted by atomic mass is 35.5. The van der Waals surface area contributed by atoms with Crippen LogP contribution in [0.4, 0.5) is 0 Å². The fourth-order valence-corrected chi connectivity index (χ4v) is 2.96. The summed E-state index contributed by atoms with van der Waals surface area (Å²) in [5.74, 6) is 0.521. The van der Waals surface area contributed by atoms with E-state index >= 15 is 0 Å². The normalized spacial score (nSPS) is 19.9. The van der Waals surface area contributed by atoms with E-state index in [9.17, 15) is 4.79 Å². The number of ether oxygens (including phenoxy) is 1. The zero-order valence-corrected chi connectivity index (χ0v) is 12.2. The van der Waals surface area contributed by atoms with Crippen molar-refractivity contribution in [2.75, 3.05) is 6.61 Å². The molecule has 0 spiro atoms. The lowest BCUT2D eigenvalue weighted by atomic mass is 10.1. The number of hydrogen-bond acceptors (Lipinski definition) is 2. The first-order chi connectivity index (χ1) is 10.2. The van der Waals surface area contributed by atoms with E-state index in [1.807, 2.05) is 48.5 Å². The number of halogens is 1. The fraction of sp³-hybridized carbons (Fsp3) is 0.235. The molecule has 0 fully saturated rings. The van der Waals surface area contributed by atoms with Crippen LogP contribution in [-0.4, -0.2) is 17.9 Å². The molecule has 0 radical (unpaired) electrons. The van der Waals surface area contributed by atoms with Gasteiger partial charge in [-0.05, 0) is 29.7 Å². The van der Waals surface area contributed by atoms with Gasteiger partial charge in [-0.1, -0.05) is 42.5 Å². The maximum Gasteiger partial charge on any atom is 0.258 e. The van der Waals surface area contributed by atoms with Gasteiger partial charge in [-0.15, -0.1) is 11.6 Å². The molecule has 1 aliphatic carbocycles. The highest BCUT2D eigenvalue weighted by molar-refractivity contribution is 6.21. The highest BCUT2D eigenvalue weighted by Gasteiger charge is 2.31. The summed E-state index contributed by atoms with van der Waals surface area (Å²) in [4.78, 5) is 12.0. The summed E-state index contributed by atoms with van der Waals surface area (Å²) in [6.45, 7) is -0.00765. The molecule has 0 saturated carbocycles. The van der Waals surface area contributed by atoms with Gasteiger partial charge in [0.05, 0.1) is 11.4 Å². The summed E-state index contributed by atoms with van der Waals surface area (Å²) in [5, 5.41) is 2.85. The van der Waals surface area contributed by atoms with Gasteiger partial charge in [0.2, 0.25) is 0 Å². The molecule has 1 amide bonds. The van der Waals surface area contributed by atoms with Crippen molar-refractivity contribution in [1.82, 2.24) is 5.32 Å².